The zero-order valence-corrected chi connectivity index (χ0v) is 12.0. The number of aliphatic imine (C=N–C) groups is 1. The lowest BCUT2D eigenvalue weighted by Crippen LogP contribution is -2.27. The van der Waals surface area contributed by atoms with Crippen molar-refractivity contribution in [2.75, 3.05) is 24.8 Å². The molecule has 0 spiro atoms. The topological polar surface area (TPSA) is 51.4 Å². The second-order valence-corrected chi connectivity index (χ2v) is 6.02. The van der Waals surface area contributed by atoms with E-state index in [1.54, 1.807) is 18.9 Å². The van der Waals surface area contributed by atoms with Gasteiger partial charge in [0.2, 0.25) is 0 Å². The molecule has 0 atom stereocenters. The van der Waals surface area contributed by atoms with Gasteiger partial charge in [-0.05, 0) is 20.3 Å². The average molecular weight is 268 g/mol. The molecule has 1 aromatic rings. The number of rotatable bonds is 4. The zero-order chi connectivity index (χ0) is 13.0. The molecule has 0 aliphatic carbocycles. The first-order valence-corrected chi connectivity index (χ1v) is 7.09. The summed E-state index contributed by atoms with van der Waals surface area (Å²) in [5, 5.41) is 8.57. The van der Waals surface area contributed by atoms with Crippen LogP contribution in [0.1, 0.15) is 20.3 Å². The van der Waals surface area contributed by atoms with Gasteiger partial charge in [0.05, 0.1) is 30.6 Å². The molecule has 0 bridgehead atoms. The number of aromatic nitrogens is 2. The van der Waals surface area contributed by atoms with Gasteiger partial charge in [0.15, 0.2) is 5.17 Å². The van der Waals surface area contributed by atoms with E-state index in [0.717, 1.165) is 29.6 Å². The van der Waals surface area contributed by atoms with Gasteiger partial charge in [0.1, 0.15) is 0 Å². The monoisotopic (exact) mass is 268 g/mol. The number of anilines is 1. The predicted octanol–water partition coefficient (Wildman–Crippen LogP) is 2.21. The molecule has 0 fully saturated rings. The summed E-state index contributed by atoms with van der Waals surface area (Å²) in [6, 6.07) is 0. The Morgan fingerprint density at radius 2 is 2.39 bits per heavy atom. The lowest BCUT2D eigenvalue weighted by atomic mass is 10.0. The van der Waals surface area contributed by atoms with E-state index in [4.69, 9.17) is 4.74 Å². The van der Waals surface area contributed by atoms with E-state index in [2.05, 4.69) is 29.3 Å². The molecule has 1 aliphatic heterocycles. The van der Waals surface area contributed by atoms with Gasteiger partial charge in [0, 0.05) is 19.1 Å². The van der Waals surface area contributed by atoms with Crippen LogP contribution >= 0.6 is 11.8 Å². The molecule has 1 aliphatic rings. The summed E-state index contributed by atoms with van der Waals surface area (Å²) in [5.74, 6) is 1.11. The van der Waals surface area contributed by atoms with Gasteiger partial charge in [0.25, 0.3) is 0 Å². The number of amidine groups is 1. The minimum absolute atomic E-state index is 0.0413. The van der Waals surface area contributed by atoms with Crippen molar-refractivity contribution in [1.29, 1.82) is 0 Å². The summed E-state index contributed by atoms with van der Waals surface area (Å²) in [6.45, 7) is 5.76. The van der Waals surface area contributed by atoms with Crippen molar-refractivity contribution in [3.8, 4) is 0 Å². The van der Waals surface area contributed by atoms with Crippen molar-refractivity contribution in [1.82, 2.24) is 9.78 Å². The second-order valence-electron chi connectivity index (χ2n) is 4.94. The highest BCUT2D eigenvalue weighted by molar-refractivity contribution is 8.14. The first-order valence-electron chi connectivity index (χ1n) is 6.10. The summed E-state index contributed by atoms with van der Waals surface area (Å²) in [4.78, 5) is 4.69. The molecule has 0 aromatic carbocycles. The molecule has 0 amide bonds. The maximum absolute atomic E-state index is 5.02. The number of methoxy groups -OCH3 is 1. The Bertz CT molecular complexity index is 427. The fraction of sp³-hybridized carbons (Fsp3) is 0.667. The van der Waals surface area contributed by atoms with Crippen LogP contribution in [0.15, 0.2) is 17.4 Å². The second kappa shape index (κ2) is 5.75. The van der Waals surface area contributed by atoms with Gasteiger partial charge in [-0.1, -0.05) is 11.8 Å². The van der Waals surface area contributed by atoms with Crippen LogP contribution in [0.25, 0.3) is 0 Å². The van der Waals surface area contributed by atoms with Crippen molar-refractivity contribution < 1.29 is 4.74 Å². The van der Waals surface area contributed by atoms with E-state index < -0.39 is 0 Å². The third-order valence-electron chi connectivity index (χ3n) is 2.77. The number of thioether (sulfide) groups is 1. The van der Waals surface area contributed by atoms with E-state index >= 15 is 0 Å². The van der Waals surface area contributed by atoms with Gasteiger partial charge in [-0.3, -0.25) is 9.67 Å². The molecule has 2 rings (SSSR count). The minimum Gasteiger partial charge on any atom is -0.383 e. The maximum Gasteiger partial charge on any atom is 0.161 e. The molecule has 1 N–H and O–H groups in total. The molecule has 0 saturated carbocycles. The Kier molecular flexibility index (Phi) is 4.29. The summed E-state index contributed by atoms with van der Waals surface area (Å²) in [6.07, 6.45) is 4.92. The quantitative estimate of drug-likeness (QED) is 0.909. The Labute approximate surface area is 112 Å². The molecule has 18 heavy (non-hydrogen) atoms. The molecular formula is C12H20N4OS. The summed E-state index contributed by atoms with van der Waals surface area (Å²) in [7, 11) is 1.69. The number of ether oxygens (including phenoxy) is 1. The number of hydrogen-bond acceptors (Lipinski definition) is 5. The molecule has 100 valence electrons. The molecule has 0 saturated heterocycles. The lowest BCUT2D eigenvalue weighted by molar-refractivity contribution is 0.183. The summed E-state index contributed by atoms with van der Waals surface area (Å²) in [5.41, 5.74) is 1.02. The number of nitrogens with one attached hydrogen (secondary N) is 1. The van der Waals surface area contributed by atoms with Crippen molar-refractivity contribution >= 4 is 22.6 Å². The third kappa shape index (κ3) is 3.74. The Morgan fingerprint density at radius 3 is 3.11 bits per heavy atom. The van der Waals surface area contributed by atoms with Crippen molar-refractivity contribution in [2.24, 2.45) is 4.99 Å². The van der Waals surface area contributed by atoms with Crippen LogP contribution in [0, 0.1) is 0 Å². The van der Waals surface area contributed by atoms with Crippen LogP contribution in [0.5, 0.6) is 0 Å². The average Bonchev–Trinajstić information content (AvgIpc) is 2.73. The van der Waals surface area contributed by atoms with Gasteiger partial charge < -0.3 is 10.1 Å². The molecule has 6 heteroatoms. The van der Waals surface area contributed by atoms with Gasteiger partial charge in [-0.2, -0.15) is 5.10 Å². The fourth-order valence-electron chi connectivity index (χ4n) is 1.68. The Hall–Kier alpha value is -1.01. The molecule has 0 radical (unpaired) electrons. The van der Waals surface area contributed by atoms with Crippen molar-refractivity contribution in [3.05, 3.63) is 12.4 Å². The third-order valence-corrected chi connectivity index (χ3v) is 3.64. The van der Waals surface area contributed by atoms with Crippen molar-refractivity contribution in [3.63, 3.8) is 0 Å². The fourth-order valence-corrected chi connectivity index (χ4v) is 2.98. The van der Waals surface area contributed by atoms with Crippen LogP contribution in [-0.4, -0.2) is 40.0 Å². The van der Waals surface area contributed by atoms with Gasteiger partial charge in [-0.15, -0.1) is 0 Å². The molecule has 5 nitrogen and oxygen atoms in total. The first kappa shape index (κ1) is 13.4. The normalized spacial score (nSPS) is 18.5. The van der Waals surface area contributed by atoms with Crippen molar-refractivity contribution in [2.45, 2.75) is 32.4 Å². The SMILES string of the molecule is COCCn1cc(NC2=NC(C)(C)CCS2)cn1. The maximum atomic E-state index is 5.02. The van der Waals surface area contributed by atoms with E-state index in [1.807, 2.05) is 17.1 Å². The smallest absolute Gasteiger partial charge is 0.161 e. The van der Waals surface area contributed by atoms with E-state index in [0.29, 0.717) is 6.61 Å². The summed E-state index contributed by atoms with van der Waals surface area (Å²) < 4.78 is 6.89. The van der Waals surface area contributed by atoms with Crippen LogP contribution in [0.2, 0.25) is 0 Å². The minimum atomic E-state index is 0.0413. The van der Waals surface area contributed by atoms with E-state index in [1.165, 1.54) is 0 Å². The predicted molar refractivity (Wildman–Crippen MR) is 76.3 cm³/mol. The highest BCUT2D eigenvalue weighted by Crippen LogP contribution is 2.26. The summed E-state index contributed by atoms with van der Waals surface area (Å²) >= 11 is 1.76. The zero-order valence-electron chi connectivity index (χ0n) is 11.1. The molecule has 0 unspecified atom stereocenters. The largest absolute Gasteiger partial charge is 0.383 e. The van der Waals surface area contributed by atoms with E-state index in [9.17, 15) is 0 Å². The molecule has 2 heterocycles. The Balaban J connectivity index is 1.97. The highest BCUT2D eigenvalue weighted by atomic mass is 32.2. The van der Waals surface area contributed by atoms with E-state index in [-0.39, 0.29) is 5.54 Å². The Morgan fingerprint density at radius 1 is 1.56 bits per heavy atom. The standard InChI is InChI=1S/C12H20N4OS/c1-12(2)4-7-18-11(15-12)14-10-8-13-16(9-10)5-6-17-3/h8-9H,4-7H2,1-3H3,(H,14,15). The van der Waals surface area contributed by atoms with Gasteiger partial charge >= 0.3 is 0 Å². The van der Waals surface area contributed by atoms with Crippen LogP contribution < -0.4 is 5.32 Å². The molecule has 1 aromatic heterocycles. The number of hydrogen-bond donors (Lipinski definition) is 1. The van der Waals surface area contributed by atoms with Crippen LogP contribution in [0.3, 0.4) is 0 Å². The highest BCUT2D eigenvalue weighted by Gasteiger charge is 2.22. The molecular weight excluding hydrogens is 248 g/mol. The first-order chi connectivity index (χ1) is 8.59. The van der Waals surface area contributed by atoms with Crippen LogP contribution in [0.4, 0.5) is 5.69 Å². The lowest BCUT2D eigenvalue weighted by Gasteiger charge is -2.26. The van der Waals surface area contributed by atoms with Crippen LogP contribution in [-0.2, 0) is 11.3 Å². The van der Waals surface area contributed by atoms with Gasteiger partial charge in [-0.25, -0.2) is 0 Å². The number of nitrogens with zero attached hydrogens (tertiary/aromatic N) is 3.